The summed E-state index contributed by atoms with van der Waals surface area (Å²) in [5, 5.41) is 2.57. The summed E-state index contributed by atoms with van der Waals surface area (Å²) in [6.45, 7) is -0.964. The highest BCUT2D eigenvalue weighted by atomic mass is 35.5. The molecule has 1 N–H and O–H groups in total. The summed E-state index contributed by atoms with van der Waals surface area (Å²) >= 11 is 5.65. The van der Waals surface area contributed by atoms with E-state index in [1.807, 2.05) is 0 Å². The molecule has 158 valence electrons. The molecule has 0 unspecified atom stereocenters. The molecular weight excluding hydrogens is 435 g/mol. The van der Waals surface area contributed by atoms with E-state index in [1.165, 1.54) is 12.4 Å². The Hall–Kier alpha value is -2.82. The van der Waals surface area contributed by atoms with Gasteiger partial charge in [-0.3, -0.25) is 14.9 Å². The highest BCUT2D eigenvalue weighted by Crippen LogP contribution is 2.56. The van der Waals surface area contributed by atoms with Gasteiger partial charge in [0.15, 0.2) is 0 Å². The van der Waals surface area contributed by atoms with Gasteiger partial charge >= 0.3 is 6.18 Å². The van der Waals surface area contributed by atoms with E-state index in [0.717, 1.165) is 11.0 Å². The van der Waals surface area contributed by atoms with Gasteiger partial charge in [-0.2, -0.15) is 13.2 Å². The van der Waals surface area contributed by atoms with E-state index in [1.54, 1.807) is 0 Å². The number of anilines is 1. The fourth-order valence-corrected chi connectivity index (χ4v) is 3.74. The van der Waals surface area contributed by atoms with E-state index in [4.69, 9.17) is 11.6 Å². The van der Waals surface area contributed by atoms with Gasteiger partial charge < -0.3 is 4.90 Å². The van der Waals surface area contributed by atoms with Crippen molar-refractivity contribution < 1.29 is 31.5 Å². The van der Waals surface area contributed by atoms with Gasteiger partial charge in [0.1, 0.15) is 18.5 Å². The van der Waals surface area contributed by atoms with Gasteiger partial charge in [0, 0.05) is 17.7 Å². The number of carbonyl (C=O) groups excluding carboxylic acids is 2. The lowest BCUT2D eigenvalue weighted by Gasteiger charge is -2.35. The molecule has 1 aliphatic heterocycles. The molecule has 2 aromatic rings. The van der Waals surface area contributed by atoms with Gasteiger partial charge in [0.25, 0.3) is 5.91 Å². The van der Waals surface area contributed by atoms with Crippen molar-refractivity contribution in [3.8, 4) is 0 Å². The van der Waals surface area contributed by atoms with Crippen molar-refractivity contribution in [1.29, 1.82) is 0 Å². The standard InChI is InChI=1S/C18H12ClF5N4O2/c19-8-4-25-16(26-5-8)27-12(29)6-28-7-17(3-11(17)20)13-9(15(28)30)1-2-10(14(13)21)18(22,23)24/h1-2,4-5,11H,3,6-7H2,(H,25,26,27,29)/t11-,17-/m1/s1. The van der Waals surface area contributed by atoms with Crippen LogP contribution in [0.1, 0.15) is 27.9 Å². The van der Waals surface area contributed by atoms with Crippen LogP contribution in [0.15, 0.2) is 24.5 Å². The monoisotopic (exact) mass is 446 g/mol. The fourth-order valence-electron chi connectivity index (χ4n) is 3.65. The van der Waals surface area contributed by atoms with Crippen molar-refractivity contribution >= 4 is 29.4 Å². The number of hydrogen-bond donors (Lipinski definition) is 1. The number of carbonyl (C=O) groups is 2. The minimum absolute atomic E-state index is 0.0837. The number of halogens is 6. The van der Waals surface area contributed by atoms with Crippen LogP contribution in [0.3, 0.4) is 0 Å². The zero-order valence-electron chi connectivity index (χ0n) is 14.9. The van der Waals surface area contributed by atoms with Crippen LogP contribution in [-0.2, 0) is 16.4 Å². The van der Waals surface area contributed by atoms with Crippen molar-refractivity contribution in [1.82, 2.24) is 14.9 Å². The Morgan fingerprint density at radius 3 is 2.50 bits per heavy atom. The summed E-state index contributed by atoms with van der Waals surface area (Å²) in [4.78, 5) is 33.5. The molecule has 1 aromatic carbocycles. The smallest absolute Gasteiger partial charge is 0.328 e. The normalized spacial score (nSPS) is 22.8. The lowest BCUT2D eigenvalue weighted by atomic mass is 9.84. The number of alkyl halides is 4. The van der Waals surface area contributed by atoms with Crippen molar-refractivity contribution in [3.63, 3.8) is 0 Å². The van der Waals surface area contributed by atoms with E-state index in [9.17, 15) is 31.5 Å². The first kappa shape index (κ1) is 20.5. The molecule has 4 rings (SSSR count). The van der Waals surface area contributed by atoms with Gasteiger partial charge in [-0.25, -0.2) is 18.7 Å². The maximum absolute atomic E-state index is 14.7. The Kier molecular flexibility index (Phi) is 4.68. The second-order valence-corrected chi connectivity index (χ2v) is 7.55. The number of rotatable bonds is 3. The molecule has 1 aliphatic carbocycles. The van der Waals surface area contributed by atoms with Crippen LogP contribution in [0, 0.1) is 5.82 Å². The molecule has 1 aromatic heterocycles. The largest absolute Gasteiger partial charge is 0.419 e. The minimum Gasteiger partial charge on any atom is -0.328 e. The van der Waals surface area contributed by atoms with Crippen molar-refractivity contribution in [2.45, 2.75) is 24.2 Å². The summed E-state index contributed by atoms with van der Waals surface area (Å²) in [6.07, 6.45) is -4.39. The van der Waals surface area contributed by atoms with E-state index in [-0.39, 0.29) is 23.0 Å². The fraction of sp³-hybridized carbons (Fsp3) is 0.333. The minimum atomic E-state index is -4.99. The van der Waals surface area contributed by atoms with Crippen LogP contribution in [0.2, 0.25) is 5.02 Å². The number of benzene rings is 1. The first-order valence-corrected chi connectivity index (χ1v) is 9.01. The van der Waals surface area contributed by atoms with Crippen molar-refractivity contribution in [3.05, 3.63) is 52.1 Å². The number of amides is 2. The quantitative estimate of drug-likeness (QED) is 0.734. The van der Waals surface area contributed by atoms with E-state index < -0.39 is 59.6 Å². The third-order valence-corrected chi connectivity index (χ3v) is 5.32. The first-order chi connectivity index (χ1) is 14.0. The van der Waals surface area contributed by atoms with Gasteiger partial charge in [-0.1, -0.05) is 11.6 Å². The molecule has 2 aliphatic rings. The van der Waals surface area contributed by atoms with Gasteiger partial charge in [-0.05, 0) is 18.6 Å². The number of nitrogens with one attached hydrogen (secondary N) is 1. The average molecular weight is 447 g/mol. The predicted molar refractivity (Wildman–Crippen MR) is 94.2 cm³/mol. The maximum atomic E-state index is 14.7. The van der Waals surface area contributed by atoms with E-state index in [2.05, 4.69) is 15.3 Å². The van der Waals surface area contributed by atoms with Gasteiger partial charge in [-0.15, -0.1) is 0 Å². The molecular formula is C18H12ClF5N4O2. The SMILES string of the molecule is O=C(CN1C[C@@]2(C[C@H]2F)c2c(ccc(C(F)(F)F)c2F)C1=O)Nc1ncc(Cl)cn1. The Balaban J connectivity index is 1.62. The summed E-state index contributed by atoms with van der Waals surface area (Å²) in [6, 6.07) is 1.27. The number of nitrogens with zero attached hydrogens (tertiary/aromatic N) is 3. The first-order valence-electron chi connectivity index (χ1n) is 8.64. The van der Waals surface area contributed by atoms with Crippen LogP contribution < -0.4 is 5.32 Å². The zero-order chi connectivity index (χ0) is 21.8. The Morgan fingerprint density at radius 2 is 1.93 bits per heavy atom. The molecule has 1 spiro atoms. The molecule has 30 heavy (non-hydrogen) atoms. The molecule has 0 radical (unpaired) electrons. The second-order valence-electron chi connectivity index (χ2n) is 7.11. The summed E-state index contributed by atoms with van der Waals surface area (Å²) < 4.78 is 68.1. The second kappa shape index (κ2) is 6.86. The number of aromatic nitrogens is 2. The summed E-state index contributed by atoms with van der Waals surface area (Å²) in [7, 11) is 0. The van der Waals surface area contributed by atoms with E-state index >= 15 is 0 Å². The van der Waals surface area contributed by atoms with Crippen molar-refractivity contribution in [2.75, 3.05) is 18.4 Å². The number of fused-ring (bicyclic) bond motifs is 2. The summed E-state index contributed by atoms with van der Waals surface area (Å²) in [5.41, 5.74) is -4.13. The topological polar surface area (TPSA) is 75.2 Å². The Morgan fingerprint density at radius 1 is 1.30 bits per heavy atom. The molecule has 2 amide bonds. The highest BCUT2D eigenvalue weighted by molar-refractivity contribution is 6.30. The van der Waals surface area contributed by atoms with Crippen LogP contribution in [0.5, 0.6) is 0 Å². The van der Waals surface area contributed by atoms with Crippen LogP contribution >= 0.6 is 11.6 Å². The molecule has 0 saturated heterocycles. The molecule has 1 saturated carbocycles. The van der Waals surface area contributed by atoms with E-state index in [0.29, 0.717) is 6.07 Å². The molecule has 1 fully saturated rings. The molecule has 6 nitrogen and oxygen atoms in total. The lowest BCUT2D eigenvalue weighted by Crippen LogP contribution is -2.48. The van der Waals surface area contributed by atoms with Crippen molar-refractivity contribution in [2.24, 2.45) is 0 Å². The molecule has 2 heterocycles. The van der Waals surface area contributed by atoms with Crippen LogP contribution in [0.25, 0.3) is 0 Å². The molecule has 12 heteroatoms. The molecule has 0 bridgehead atoms. The van der Waals surface area contributed by atoms with Gasteiger partial charge in [0.2, 0.25) is 11.9 Å². The number of hydrogen-bond acceptors (Lipinski definition) is 4. The average Bonchev–Trinajstić information content (AvgIpc) is 3.29. The Labute approximate surface area is 171 Å². The maximum Gasteiger partial charge on any atom is 0.419 e. The Bertz CT molecular complexity index is 1050. The van der Waals surface area contributed by atoms with Gasteiger partial charge in [0.05, 0.1) is 28.4 Å². The zero-order valence-corrected chi connectivity index (χ0v) is 15.7. The molecule has 2 atom stereocenters. The third-order valence-electron chi connectivity index (χ3n) is 5.12. The summed E-state index contributed by atoms with van der Waals surface area (Å²) in [5.74, 6) is -3.31. The van der Waals surface area contributed by atoms with Crippen LogP contribution in [-0.4, -0.2) is 45.9 Å². The highest BCUT2D eigenvalue weighted by Gasteiger charge is 2.63. The third kappa shape index (κ3) is 3.36. The lowest BCUT2D eigenvalue weighted by molar-refractivity contribution is -0.140. The van der Waals surface area contributed by atoms with Crippen LogP contribution in [0.4, 0.5) is 27.9 Å². The predicted octanol–water partition coefficient (Wildman–Crippen LogP) is 3.36.